The summed E-state index contributed by atoms with van der Waals surface area (Å²) in [6.45, 7) is 12.8. The molecule has 0 heterocycles. The van der Waals surface area contributed by atoms with Crippen molar-refractivity contribution >= 4 is 0 Å². The first kappa shape index (κ1) is 17.5. The zero-order valence-electron chi connectivity index (χ0n) is 14.7. The maximum absolute atomic E-state index is 11.3. The summed E-state index contributed by atoms with van der Waals surface area (Å²) >= 11 is 0. The summed E-state index contributed by atoms with van der Waals surface area (Å²) in [6.07, 6.45) is 8.78. The summed E-state index contributed by atoms with van der Waals surface area (Å²) in [4.78, 5) is 0. The third-order valence-electron chi connectivity index (χ3n) is 6.23. The second-order valence-electron chi connectivity index (χ2n) is 7.96. The molecule has 2 heteroatoms. The van der Waals surface area contributed by atoms with E-state index in [9.17, 15) is 10.2 Å². The number of aliphatic hydroxyl groups excluding tert-OH is 1. The lowest BCUT2D eigenvalue weighted by molar-refractivity contribution is -0.110. The van der Waals surface area contributed by atoms with E-state index in [0.29, 0.717) is 18.8 Å². The lowest BCUT2D eigenvalue weighted by Crippen LogP contribution is -2.52. The highest BCUT2D eigenvalue weighted by atomic mass is 16.3. The van der Waals surface area contributed by atoms with Crippen LogP contribution in [-0.4, -0.2) is 21.9 Å². The predicted octanol–water partition coefficient (Wildman–Crippen LogP) is 4.54. The molecular weight excluding hydrogens is 272 g/mol. The van der Waals surface area contributed by atoms with Gasteiger partial charge in [0.25, 0.3) is 0 Å². The monoisotopic (exact) mass is 304 g/mol. The molecule has 0 spiro atoms. The van der Waals surface area contributed by atoms with Crippen molar-refractivity contribution < 1.29 is 10.2 Å². The van der Waals surface area contributed by atoms with Crippen molar-refractivity contribution in [1.29, 1.82) is 0 Å². The molecule has 1 saturated carbocycles. The number of rotatable bonds is 0. The second-order valence-corrected chi connectivity index (χ2v) is 7.96. The summed E-state index contributed by atoms with van der Waals surface area (Å²) < 4.78 is 0. The quantitative estimate of drug-likeness (QED) is 0.645. The van der Waals surface area contributed by atoms with E-state index in [1.165, 1.54) is 11.1 Å². The molecule has 2 bridgehead atoms. The topological polar surface area (TPSA) is 40.5 Å². The lowest BCUT2D eigenvalue weighted by Gasteiger charge is -2.52. The Morgan fingerprint density at radius 3 is 2.55 bits per heavy atom. The average Bonchev–Trinajstić information content (AvgIpc) is 2.45. The van der Waals surface area contributed by atoms with E-state index < -0.39 is 11.7 Å². The van der Waals surface area contributed by atoms with Crippen LogP contribution in [0.15, 0.2) is 35.5 Å². The van der Waals surface area contributed by atoms with Crippen LogP contribution in [0.2, 0.25) is 0 Å². The SMILES string of the molecule is C=C1CC[C@@]2(O)C/C=C(/C)[C@@H](O)C/C=C(\C)CC[C@H]1C2(C)C. The van der Waals surface area contributed by atoms with E-state index in [1.807, 2.05) is 13.0 Å². The number of hydrogen-bond acceptors (Lipinski definition) is 2. The third-order valence-corrected chi connectivity index (χ3v) is 6.23. The Morgan fingerprint density at radius 2 is 1.86 bits per heavy atom. The minimum atomic E-state index is -0.712. The van der Waals surface area contributed by atoms with Crippen LogP contribution in [0.25, 0.3) is 0 Å². The van der Waals surface area contributed by atoms with E-state index in [2.05, 4.69) is 33.4 Å². The van der Waals surface area contributed by atoms with Crippen LogP contribution in [0.3, 0.4) is 0 Å². The van der Waals surface area contributed by atoms with E-state index in [-0.39, 0.29) is 5.41 Å². The molecule has 0 unspecified atom stereocenters. The largest absolute Gasteiger partial charge is 0.389 e. The summed E-state index contributed by atoms with van der Waals surface area (Å²) in [6, 6.07) is 0. The molecule has 0 amide bonds. The van der Waals surface area contributed by atoms with Crippen LogP contribution in [0, 0.1) is 11.3 Å². The fourth-order valence-corrected chi connectivity index (χ4v) is 4.07. The number of fused-ring (bicyclic) bond motifs is 2. The molecule has 0 saturated heterocycles. The van der Waals surface area contributed by atoms with Gasteiger partial charge in [0.05, 0.1) is 11.7 Å². The Kier molecular flexibility index (Phi) is 5.03. The smallest absolute Gasteiger partial charge is 0.0781 e. The van der Waals surface area contributed by atoms with Crippen molar-refractivity contribution in [2.24, 2.45) is 11.3 Å². The highest BCUT2D eigenvalue weighted by Crippen LogP contribution is 2.53. The third kappa shape index (κ3) is 3.23. The van der Waals surface area contributed by atoms with Gasteiger partial charge in [-0.3, -0.25) is 0 Å². The molecule has 2 nitrogen and oxygen atoms in total. The van der Waals surface area contributed by atoms with Gasteiger partial charge < -0.3 is 10.2 Å². The lowest BCUT2D eigenvalue weighted by atomic mass is 9.55. The highest BCUT2D eigenvalue weighted by Gasteiger charge is 2.50. The molecule has 3 atom stereocenters. The van der Waals surface area contributed by atoms with E-state index in [1.54, 1.807) is 0 Å². The van der Waals surface area contributed by atoms with Crippen molar-refractivity contribution in [3.8, 4) is 0 Å². The number of allylic oxidation sites excluding steroid dienone is 2. The predicted molar refractivity (Wildman–Crippen MR) is 92.6 cm³/mol. The Labute approximate surface area is 135 Å². The standard InChI is InChI=1S/C20H32O2/c1-14-6-8-17-15(2)10-12-20(22,19(17,4)5)13-11-16(3)18(21)9-7-14/h7,11,17-18,21-22H,2,6,8-10,12-13H2,1,3-5H3/b14-7+,16-11-/t17-,18+,20-/m1/s1. The molecule has 2 aliphatic carbocycles. The zero-order valence-corrected chi connectivity index (χ0v) is 14.7. The van der Waals surface area contributed by atoms with Gasteiger partial charge in [0.1, 0.15) is 0 Å². The molecule has 0 aromatic carbocycles. The molecule has 2 aliphatic rings. The van der Waals surface area contributed by atoms with Gasteiger partial charge in [-0.1, -0.05) is 43.7 Å². The fraction of sp³-hybridized carbons (Fsp3) is 0.700. The minimum absolute atomic E-state index is 0.191. The van der Waals surface area contributed by atoms with Crippen LogP contribution in [0.4, 0.5) is 0 Å². The van der Waals surface area contributed by atoms with Crippen LogP contribution in [-0.2, 0) is 0 Å². The fourth-order valence-electron chi connectivity index (χ4n) is 4.07. The highest BCUT2D eigenvalue weighted by molar-refractivity contribution is 5.20. The van der Waals surface area contributed by atoms with Crippen molar-refractivity contribution in [3.63, 3.8) is 0 Å². The molecule has 0 radical (unpaired) electrons. The average molecular weight is 304 g/mol. The summed E-state index contributed by atoms with van der Waals surface area (Å²) in [5.41, 5.74) is 2.68. The Bertz CT molecular complexity index is 498. The maximum atomic E-state index is 11.3. The first-order valence-electron chi connectivity index (χ1n) is 8.58. The van der Waals surface area contributed by atoms with Gasteiger partial charge in [-0.25, -0.2) is 0 Å². The minimum Gasteiger partial charge on any atom is -0.389 e. The Hall–Kier alpha value is -0.860. The number of aliphatic hydroxyl groups is 2. The molecule has 1 fully saturated rings. The van der Waals surface area contributed by atoms with E-state index >= 15 is 0 Å². The van der Waals surface area contributed by atoms with Crippen molar-refractivity contribution in [1.82, 2.24) is 0 Å². The molecule has 124 valence electrons. The van der Waals surface area contributed by atoms with Gasteiger partial charge in [-0.2, -0.15) is 0 Å². The van der Waals surface area contributed by atoms with Crippen LogP contribution in [0.5, 0.6) is 0 Å². The molecule has 2 rings (SSSR count). The van der Waals surface area contributed by atoms with Crippen molar-refractivity contribution in [2.45, 2.75) is 77.9 Å². The van der Waals surface area contributed by atoms with Crippen LogP contribution in [0.1, 0.15) is 66.2 Å². The molecule has 0 aromatic heterocycles. The Morgan fingerprint density at radius 1 is 1.18 bits per heavy atom. The van der Waals surface area contributed by atoms with E-state index in [4.69, 9.17) is 0 Å². The molecule has 2 N–H and O–H groups in total. The van der Waals surface area contributed by atoms with E-state index in [0.717, 1.165) is 31.3 Å². The van der Waals surface area contributed by atoms with Gasteiger partial charge in [0.15, 0.2) is 0 Å². The Balaban J connectivity index is 2.40. The molecule has 0 aliphatic heterocycles. The van der Waals surface area contributed by atoms with Gasteiger partial charge in [-0.05, 0) is 63.9 Å². The molecule has 22 heavy (non-hydrogen) atoms. The maximum Gasteiger partial charge on any atom is 0.0781 e. The van der Waals surface area contributed by atoms with Crippen molar-refractivity contribution in [2.75, 3.05) is 0 Å². The first-order chi connectivity index (χ1) is 10.2. The van der Waals surface area contributed by atoms with Gasteiger partial charge in [-0.15, -0.1) is 0 Å². The first-order valence-corrected chi connectivity index (χ1v) is 8.58. The summed E-state index contributed by atoms with van der Waals surface area (Å²) in [5, 5.41) is 21.6. The van der Waals surface area contributed by atoms with Crippen LogP contribution >= 0.6 is 0 Å². The van der Waals surface area contributed by atoms with Gasteiger partial charge in [0.2, 0.25) is 0 Å². The van der Waals surface area contributed by atoms with Gasteiger partial charge >= 0.3 is 0 Å². The summed E-state index contributed by atoms with van der Waals surface area (Å²) in [7, 11) is 0. The van der Waals surface area contributed by atoms with Gasteiger partial charge in [0, 0.05) is 5.41 Å². The summed E-state index contributed by atoms with van der Waals surface area (Å²) in [5.74, 6) is 0.354. The number of hydrogen-bond donors (Lipinski definition) is 2. The normalized spacial score (nSPS) is 41.5. The van der Waals surface area contributed by atoms with Crippen molar-refractivity contribution in [3.05, 3.63) is 35.5 Å². The zero-order chi connectivity index (χ0) is 16.5. The molecule has 0 aromatic rings. The molecular formula is C20H32O2. The second kappa shape index (κ2) is 6.33. The van der Waals surface area contributed by atoms with Crippen LogP contribution < -0.4 is 0 Å².